The molecule has 7 heteroatoms. The summed E-state index contributed by atoms with van der Waals surface area (Å²) in [5.41, 5.74) is 0.424. The molecule has 0 N–H and O–H groups in total. The van der Waals surface area contributed by atoms with Crippen LogP contribution in [0.2, 0.25) is 0 Å². The van der Waals surface area contributed by atoms with Crippen molar-refractivity contribution < 1.29 is 18.3 Å². The molecule has 18 heavy (non-hydrogen) atoms. The number of nitrogens with zero attached hydrogens (tertiary/aromatic N) is 1. The van der Waals surface area contributed by atoms with E-state index in [1.54, 1.807) is 18.2 Å². The zero-order valence-electron chi connectivity index (χ0n) is 9.25. The third-order valence-electron chi connectivity index (χ3n) is 2.15. The van der Waals surface area contributed by atoms with Crippen molar-refractivity contribution in [1.82, 2.24) is 4.98 Å². The number of esters is 1. The van der Waals surface area contributed by atoms with Gasteiger partial charge < -0.3 is 4.74 Å². The van der Waals surface area contributed by atoms with E-state index < -0.39 is 16.9 Å². The molecule has 1 aromatic heterocycles. The van der Waals surface area contributed by atoms with Gasteiger partial charge in [-0.25, -0.2) is 9.78 Å². The first-order valence-corrected chi connectivity index (χ1v) is 6.67. The lowest BCUT2D eigenvalue weighted by atomic mass is 10.3. The Balaban J connectivity index is 2.44. The summed E-state index contributed by atoms with van der Waals surface area (Å²) >= 11 is 4.02. The number of alkyl halides is 2. The number of aromatic nitrogens is 1. The number of thiazole rings is 1. The summed E-state index contributed by atoms with van der Waals surface area (Å²) in [5, 5.41) is -0.547. The van der Waals surface area contributed by atoms with Gasteiger partial charge in [0, 0.05) is 4.47 Å². The number of benzene rings is 1. The van der Waals surface area contributed by atoms with E-state index in [0.717, 1.165) is 15.8 Å². The molecular formula is C11H8BrF2NO2S. The van der Waals surface area contributed by atoms with E-state index in [0.29, 0.717) is 10.2 Å². The molecule has 0 radical (unpaired) electrons. The molecule has 2 aromatic rings. The molecule has 96 valence electrons. The van der Waals surface area contributed by atoms with Crippen molar-refractivity contribution in [2.75, 3.05) is 6.61 Å². The van der Waals surface area contributed by atoms with Gasteiger partial charge in [-0.05, 0) is 25.1 Å². The molecule has 3 nitrogen and oxygen atoms in total. The van der Waals surface area contributed by atoms with Crippen molar-refractivity contribution >= 4 is 43.5 Å². The second kappa shape index (κ2) is 4.89. The van der Waals surface area contributed by atoms with Crippen LogP contribution in [0.3, 0.4) is 0 Å². The minimum atomic E-state index is -3.70. The Morgan fingerprint density at radius 2 is 2.28 bits per heavy atom. The molecule has 0 bridgehead atoms. The molecule has 0 saturated carbocycles. The predicted octanol–water partition coefficient (Wildman–Crippen LogP) is 3.71. The van der Waals surface area contributed by atoms with Crippen molar-refractivity contribution in [3.8, 4) is 0 Å². The second-order valence-electron chi connectivity index (χ2n) is 3.43. The molecule has 0 aliphatic carbocycles. The molecule has 0 fully saturated rings. The molecular weight excluding hydrogens is 328 g/mol. The predicted molar refractivity (Wildman–Crippen MR) is 67.8 cm³/mol. The van der Waals surface area contributed by atoms with Gasteiger partial charge in [0.05, 0.1) is 16.8 Å². The third-order valence-corrected chi connectivity index (χ3v) is 3.75. The third kappa shape index (κ3) is 2.37. The van der Waals surface area contributed by atoms with E-state index >= 15 is 0 Å². The van der Waals surface area contributed by atoms with Gasteiger partial charge in [-0.2, -0.15) is 8.78 Å². The minimum Gasteiger partial charge on any atom is -0.461 e. The molecule has 0 amide bonds. The normalized spacial score (nSPS) is 11.8. The number of fused-ring (bicyclic) bond motifs is 1. The summed E-state index contributed by atoms with van der Waals surface area (Å²) in [6.07, 6.45) is 0. The van der Waals surface area contributed by atoms with E-state index in [-0.39, 0.29) is 6.61 Å². The molecule has 0 aliphatic rings. The zero-order valence-corrected chi connectivity index (χ0v) is 11.6. The maximum Gasteiger partial charge on any atom is 0.393 e. The summed E-state index contributed by atoms with van der Waals surface area (Å²) in [7, 11) is 0. The number of hydrogen-bond donors (Lipinski definition) is 0. The van der Waals surface area contributed by atoms with Crippen molar-refractivity contribution in [3.05, 3.63) is 27.7 Å². The molecule has 1 heterocycles. The van der Waals surface area contributed by atoms with E-state index in [9.17, 15) is 13.6 Å². The number of rotatable bonds is 3. The van der Waals surface area contributed by atoms with Gasteiger partial charge in [0.2, 0.25) is 0 Å². The lowest BCUT2D eigenvalue weighted by molar-refractivity contribution is -0.173. The Kier molecular flexibility index (Phi) is 3.63. The van der Waals surface area contributed by atoms with Crippen LogP contribution in [0.15, 0.2) is 22.7 Å². The highest BCUT2D eigenvalue weighted by Crippen LogP contribution is 2.36. The fourth-order valence-corrected chi connectivity index (χ4v) is 2.60. The highest BCUT2D eigenvalue weighted by atomic mass is 79.9. The molecule has 2 rings (SSSR count). The van der Waals surface area contributed by atoms with Crippen LogP contribution in [0.25, 0.3) is 10.2 Å². The molecule has 0 saturated heterocycles. The fourth-order valence-electron chi connectivity index (χ4n) is 1.34. The summed E-state index contributed by atoms with van der Waals surface area (Å²) in [4.78, 5) is 15.0. The Labute approximate surface area is 114 Å². The van der Waals surface area contributed by atoms with Gasteiger partial charge in [0.1, 0.15) is 0 Å². The van der Waals surface area contributed by atoms with Gasteiger partial charge >= 0.3 is 11.9 Å². The molecule has 0 spiro atoms. The van der Waals surface area contributed by atoms with Crippen LogP contribution in [0.1, 0.15) is 11.9 Å². The lowest BCUT2D eigenvalue weighted by Crippen LogP contribution is -2.28. The van der Waals surface area contributed by atoms with Crippen LogP contribution in [0.4, 0.5) is 8.78 Å². The monoisotopic (exact) mass is 335 g/mol. The first-order valence-electron chi connectivity index (χ1n) is 5.06. The number of carbonyl (C=O) groups excluding carboxylic acids is 1. The van der Waals surface area contributed by atoms with E-state index in [2.05, 4.69) is 25.7 Å². The van der Waals surface area contributed by atoms with Crippen LogP contribution < -0.4 is 0 Å². The van der Waals surface area contributed by atoms with Gasteiger partial charge in [0.25, 0.3) is 0 Å². The fraction of sp³-hybridized carbons (Fsp3) is 0.273. The largest absolute Gasteiger partial charge is 0.461 e. The standard InChI is InChI=1S/C11H8BrF2NO2S/c1-2-17-10(16)11(13,14)9-15-7-5-6(12)3-4-8(7)18-9/h3-5H,2H2,1H3. The lowest BCUT2D eigenvalue weighted by Gasteiger charge is -2.10. The SMILES string of the molecule is CCOC(=O)C(F)(F)c1nc2cc(Br)ccc2s1. The molecule has 0 atom stereocenters. The molecule has 0 aliphatic heterocycles. The van der Waals surface area contributed by atoms with E-state index in [4.69, 9.17) is 0 Å². The summed E-state index contributed by atoms with van der Waals surface area (Å²) in [6, 6.07) is 5.02. The van der Waals surface area contributed by atoms with Crippen molar-refractivity contribution in [2.24, 2.45) is 0 Å². The Bertz CT molecular complexity index is 600. The van der Waals surface area contributed by atoms with Gasteiger partial charge in [-0.1, -0.05) is 15.9 Å². The topological polar surface area (TPSA) is 39.2 Å². The highest BCUT2D eigenvalue weighted by Gasteiger charge is 2.45. The quantitative estimate of drug-likeness (QED) is 0.802. The van der Waals surface area contributed by atoms with Crippen LogP contribution in [-0.2, 0) is 15.5 Å². The van der Waals surface area contributed by atoms with Crippen molar-refractivity contribution in [1.29, 1.82) is 0 Å². The summed E-state index contributed by atoms with van der Waals surface area (Å²) in [5.74, 6) is -5.27. The maximum absolute atomic E-state index is 13.7. The smallest absolute Gasteiger partial charge is 0.393 e. The van der Waals surface area contributed by atoms with Crippen LogP contribution in [0, 0.1) is 0 Å². The van der Waals surface area contributed by atoms with Crippen molar-refractivity contribution in [3.63, 3.8) is 0 Å². The second-order valence-corrected chi connectivity index (χ2v) is 5.37. The Hall–Kier alpha value is -1.08. The summed E-state index contributed by atoms with van der Waals surface area (Å²) < 4.78 is 33.2. The van der Waals surface area contributed by atoms with E-state index in [1.165, 1.54) is 6.92 Å². The number of carbonyl (C=O) groups is 1. The minimum absolute atomic E-state index is 0.0924. The average molecular weight is 336 g/mol. The Morgan fingerprint density at radius 1 is 1.56 bits per heavy atom. The highest BCUT2D eigenvalue weighted by molar-refractivity contribution is 9.10. The number of hydrogen-bond acceptors (Lipinski definition) is 4. The summed E-state index contributed by atoms with van der Waals surface area (Å²) in [6.45, 7) is 1.38. The van der Waals surface area contributed by atoms with Crippen LogP contribution in [-0.4, -0.2) is 17.6 Å². The van der Waals surface area contributed by atoms with E-state index in [1.807, 2.05) is 0 Å². The first-order chi connectivity index (χ1) is 8.45. The average Bonchev–Trinajstić information content (AvgIpc) is 2.72. The van der Waals surface area contributed by atoms with Crippen LogP contribution in [0.5, 0.6) is 0 Å². The Morgan fingerprint density at radius 3 is 2.94 bits per heavy atom. The number of ether oxygens (including phenoxy) is 1. The zero-order chi connectivity index (χ0) is 13.3. The van der Waals surface area contributed by atoms with Gasteiger partial charge in [-0.3, -0.25) is 0 Å². The van der Waals surface area contributed by atoms with Crippen molar-refractivity contribution in [2.45, 2.75) is 12.8 Å². The van der Waals surface area contributed by atoms with Gasteiger partial charge in [-0.15, -0.1) is 11.3 Å². The molecule has 0 unspecified atom stereocenters. The number of halogens is 3. The van der Waals surface area contributed by atoms with Gasteiger partial charge in [0.15, 0.2) is 5.01 Å². The first kappa shape index (κ1) is 13.4. The molecule has 1 aromatic carbocycles. The maximum atomic E-state index is 13.7. The van der Waals surface area contributed by atoms with Crippen LogP contribution >= 0.6 is 27.3 Å².